The van der Waals surface area contributed by atoms with E-state index in [-0.39, 0.29) is 6.42 Å². The molecule has 0 spiro atoms. The van der Waals surface area contributed by atoms with E-state index in [1.54, 1.807) is 36.4 Å². The van der Waals surface area contributed by atoms with E-state index in [1.165, 1.54) is 28.4 Å². The van der Waals surface area contributed by atoms with Crippen molar-refractivity contribution in [1.29, 1.82) is 0 Å². The van der Waals surface area contributed by atoms with Crippen LogP contribution in [-0.2, 0) is 20.7 Å². The molecule has 0 unspecified atom stereocenters. The first-order chi connectivity index (χ1) is 13.5. The summed E-state index contributed by atoms with van der Waals surface area (Å²) in [5, 5.41) is 2.63. The Balaban J connectivity index is 1.96. The van der Waals surface area contributed by atoms with Gasteiger partial charge in [0.05, 0.1) is 34.9 Å². The first-order valence-corrected chi connectivity index (χ1v) is 8.39. The van der Waals surface area contributed by atoms with Crippen LogP contribution in [0, 0.1) is 0 Å². The number of carbonyl (C=O) groups excluding carboxylic acids is 2. The van der Waals surface area contributed by atoms with Gasteiger partial charge in [-0.05, 0) is 6.07 Å². The summed E-state index contributed by atoms with van der Waals surface area (Å²) in [6.45, 7) is -0.426. The second-order valence-corrected chi connectivity index (χ2v) is 5.61. The van der Waals surface area contributed by atoms with Gasteiger partial charge >= 0.3 is 5.97 Å². The lowest BCUT2D eigenvalue weighted by molar-refractivity contribution is -0.146. The van der Waals surface area contributed by atoms with Crippen LogP contribution in [0.4, 0.5) is 5.69 Å². The van der Waals surface area contributed by atoms with Crippen molar-refractivity contribution >= 4 is 17.6 Å². The van der Waals surface area contributed by atoms with E-state index in [2.05, 4.69) is 5.32 Å². The summed E-state index contributed by atoms with van der Waals surface area (Å²) in [4.78, 5) is 24.1. The second-order valence-electron chi connectivity index (χ2n) is 5.61. The van der Waals surface area contributed by atoms with Crippen molar-refractivity contribution in [2.75, 3.05) is 40.4 Å². The second kappa shape index (κ2) is 10.1. The van der Waals surface area contributed by atoms with Crippen LogP contribution in [0.2, 0.25) is 0 Å². The molecule has 0 aliphatic rings. The molecule has 0 aliphatic heterocycles. The van der Waals surface area contributed by atoms with Crippen molar-refractivity contribution in [3.8, 4) is 23.0 Å². The Labute approximate surface area is 163 Å². The molecule has 0 aliphatic carbocycles. The van der Waals surface area contributed by atoms with Crippen LogP contribution in [0.1, 0.15) is 5.56 Å². The fourth-order valence-corrected chi connectivity index (χ4v) is 2.55. The summed E-state index contributed by atoms with van der Waals surface area (Å²) < 4.78 is 25.9. The van der Waals surface area contributed by atoms with Crippen LogP contribution in [-0.4, -0.2) is 46.9 Å². The monoisotopic (exact) mass is 389 g/mol. The van der Waals surface area contributed by atoms with Gasteiger partial charge in [-0.15, -0.1) is 0 Å². The lowest BCUT2D eigenvalue weighted by Gasteiger charge is -2.14. The number of nitrogens with one attached hydrogen (secondary N) is 1. The smallest absolute Gasteiger partial charge is 0.310 e. The summed E-state index contributed by atoms with van der Waals surface area (Å²) in [5.41, 5.74) is 1.10. The van der Waals surface area contributed by atoms with Crippen LogP contribution in [0.25, 0.3) is 0 Å². The predicted octanol–water partition coefficient (Wildman–Crippen LogP) is 2.45. The van der Waals surface area contributed by atoms with E-state index < -0.39 is 18.5 Å². The highest BCUT2D eigenvalue weighted by molar-refractivity contribution is 5.93. The molecule has 0 fully saturated rings. The number of ether oxygens (including phenoxy) is 5. The van der Waals surface area contributed by atoms with Crippen molar-refractivity contribution < 1.29 is 33.3 Å². The maximum atomic E-state index is 12.1. The van der Waals surface area contributed by atoms with Crippen LogP contribution in [0.15, 0.2) is 36.4 Å². The maximum absolute atomic E-state index is 12.1. The first kappa shape index (κ1) is 20.9. The molecule has 1 amide bonds. The topological polar surface area (TPSA) is 92.3 Å². The molecule has 0 atom stereocenters. The van der Waals surface area contributed by atoms with E-state index in [0.717, 1.165) is 0 Å². The molecule has 8 heteroatoms. The average molecular weight is 389 g/mol. The molecule has 8 nitrogen and oxygen atoms in total. The zero-order valence-electron chi connectivity index (χ0n) is 16.2. The number of hydrogen-bond acceptors (Lipinski definition) is 7. The zero-order valence-corrected chi connectivity index (χ0v) is 16.2. The maximum Gasteiger partial charge on any atom is 0.310 e. The highest BCUT2D eigenvalue weighted by Gasteiger charge is 2.16. The molecule has 0 heterocycles. The number of methoxy groups -OCH3 is 4. The minimum Gasteiger partial charge on any atom is -0.496 e. The average Bonchev–Trinajstić information content (AvgIpc) is 2.71. The number of esters is 1. The number of anilines is 1. The molecule has 0 saturated heterocycles. The third kappa shape index (κ3) is 5.29. The minimum atomic E-state index is -0.537. The number of benzene rings is 2. The Kier molecular flexibility index (Phi) is 7.50. The molecule has 2 aromatic carbocycles. The molecular weight excluding hydrogens is 366 g/mol. The van der Waals surface area contributed by atoms with Gasteiger partial charge in [0.25, 0.3) is 5.91 Å². The van der Waals surface area contributed by atoms with Crippen molar-refractivity contribution in [3.05, 3.63) is 42.0 Å². The summed E-state index contributed by atoms with van der Waals surface area (Å²) in [6.07, 6.45) is 0.00146. The minimum absolute atomic E-state index is 0.00146. The van der Waals surface area contributed by atoms with Crippen molar-refractivity contribution in [1.82, 2.24) is 0 Å². The van der Waals surface area contributed by atoms with Crippen LogP contribution < -0.4 is 24.3 Å². The highest BCUT2D eigenvalue weighted by Crippen LogP contribution is 2.39. The molecule has 2 rings (SSSR count). The molecule has 1 N–H and O–H groups in total. The van der Waals surface area contributed by atoms with Gasteiger partial charge in [-0.2, -0.15) is 0 Å². The number of rotatable bonds is 9. The van der Waals surface area contributed by atoms with Crippen LogP contribution in [0.5, 0.6) is 23.0 Å². The Bertz CT molecular complexity index is 810. The highest BCUT2D eigenvalue weighted by atomic mass is 16.5. The van der Waals surface area contributed by atoms with Gasteiger partial charge in [0, 0.05) is 23.4 Å². The summed E-state index contributed by atoms with van der Waals surface area (Å²) in [7, 11) is 5.96. The van der Waals surface area contributed by atoms with Crippen LogP contribution in [0.3, 0.4) is 0 Å². The first-order valence-electron chi connectivity index (χ1n) is 8.39. The number of para-hydroxylation sites is 1. The number of carbonyl (C=O) groups is 2. The third-order valence-corrected chi connectivity index (χ3v) is 3.84. The molecule has 0 radical (unpaired) electrons. The number of amides is 1. The lowest BCUT2D eigenvalue weighted by atomic mass is 10.1. The van der Waals surface area contributed by atoms with Gasteiger partial charge in [-0.3, -0.25) is 9.59 Å². The Morgan fingerprint density at radius 1 is 0.857 bits per heavy atom. The molecule has 150 valence electrons. The van der Waals surface area contributed by atoms with E-state index in [9.17, 15) is 9.59 Å². The zero-order chi connectivity index (χ0) is 20.5. The third-order valence-electron chi connectivity index (χ3n) is 3.84. The molecule has 0 bridgehead atoms. The standard InChI is InChI=1S/C20H23NO7/c1-24-15-8-6-5-7-13(15)9-19(23)28-12-18(22)21-14-10-16(25-2)20(27-4)17(11-14)26-3/h5-8,10-11H,9,12H2,1-4H3,(H,21,22). The van der Waals surface area contributed by atoms with Crippen molar-refractivity contribution in [3.63, 3.8) is 0 Å². The number of hydrogen-bond donors (Lipinski definition) is 1. The fourth-order valence-electron chi connectivity index (χ4n) is 2.55. The molecular formula is C20H23NO7. The van der Waals surface area contributed by atoms with Gasteiger partial charge in [0.15, 0.2) is 18.1 Å². The van der Waals surface area contributed by atoms with Crippen molar-refractivity contribution in [2.45, 2.75) is 6.42 Å². The van der Waals surface area contributed by atoms with Gasteiger partial charge in [-0.25, -0.2) is 0 Å². The van der Waals surface area contributed by atoms with Gasteiger partial charge in [0.2, 0.25) is 5.75 Å². The van der Waals surface area contributed by atoms with E-state index in [4.69, 9.17) is 23.7 Å². The molecule has 0 aromatic heterocycles. The quantitative estimate of drug-likeness (QED) is 0.659. The summed E-state index contributed by atoms with van der Waals surface area (Å²) in [5.74, 6) is 0.746. The SMILES string of the molecule is COc1ccccc1CC(=O)OCC(=O)Nc1cc(OC)c(OC)c(OC)c1. The Morgan fingerprint density at radius 2 is 1.46 bits per heavy atom. The molecule has 0 saturated carbocycles. The summed E-state index contributed by atoms with van der Waals surface area (Å²) in [6, 6.07) is 10.3. The molecule has 28 heavy (non-hydrogen) atoms. The largest absolute Gasteiger partial charge is 0.496 e. The Hall–Kier alpha value is -3.42. The van der Waals surface area contributed by atoms with Crippen molar-refractivity contribution in [2.24, 2.45) is 0 Å². The van der Waals surface area contributed by atoms with Gasteiger partial charge in [0.1, 0.15) is 5.75 Å². The van der Waals surface area contributed by atoms with E-state index in [1.807, 2.05) is 0 Å². The Morgan fingerprint density at radius 3 is 2.04 bits per heavy atom. The molecule has 2 aromatic rings. The summed E-state index contributed by atoms with van der Waals surface area (Å²) >= 11 is 0. The van der Waals surface area contributed by atoms with E-state index >= 15 is 0 Å². The van der Waals surface area contributed by atoms with Gasteiger partial charge in [-0.1, -0.05) is 18.2 Å². The fraction of sp³-hybridized carbons (Fsp3) is 0.300. The predicted molar refractivity (Wildman–Crippen MR) is 102 cm³/mol. The lowest BCUT2D eigenvalue weighted by Crippen LogP contribution is -2.21. The van der Waals surface area contributed by atoms with E-state index in [0.29, 0.717) is 34.2 Å². The van der Waals surface area contributed by atoms with Crippen LogP contribution >= 0.6 is 0 Å². The normalized spacial score (nSPS) is 10.0. The van der Waals surface area contributed by atoms with Gasteiger partial charge < -0.3 is 29.0 Å².